The van der Waals surface area contributed by atoms with E-state index in [4.69, 9.17) is 4.74 Å². The van der Waals surface area contributed by atoms with E-state index in [9.17, 15) is 10.1 Å². The third kappa shape index (κ3) is 4.07. The van der Waals surface area contributed by atoms with Gasteiger partial charge in [-0.3, -0.25) is 10.1 Å². The number of aryl methyl sites for hydroxylation is 2. The predicted molar refractivity (Wildman–Crippen MR) is 88.3 cm³/mol. The number of hydrogen-bond donors (Lipinski definition) is 1. The summed E-state index contributed by atoms with van der Waals surface area (Å²) in [6.45, 7) is 5.44. The van der Waals surface area contributed by atoms with Gasteiger partial charge in [0.15, 0.2) is 0 Å². The Morgan fingerprint density at radius 3 is 2.70 bits per heavy atom. The number of nitro groups is 1. The number of aromatic nitrogens is 2. The van der Waals surface area contributed by atoms with Crippen molar-refractivity contribution in [2.75, 3.05) is 11.9 Å². The SMILES string of the molecule is CCCOCc1ccccc1CNc1c([N+](=O)[O-])c(C)nn1C. The van der Waals surface area contributed by atoms with Crippen LogP contribution in [-0.2, 0) is 24.9 Å². The van der Waals surface area contributed by atoms with E-state index in [0.29, 0.717) is 31.3 Å². The van der Waals surface area contributed by atoms with Crippen molar-refractivity contribution >= 4 is 11.5 Å². The van der Waals surface area contributed by atoms with Gasteiger partial charge in [-0.1, -0.05) is 31.2 Å². The standard InChI is InChI=1S/C16H22N4O3/c1-4-9-23-11-14-8-6-5-7-13(14)10-17-16-15(20(21)22)12(2)18-19(16)3/h5-8,17H,4,9-11H2,1-3H3. The van der Waals surface area contributed by atoms with Crippen LogP contribution in [0.1, 0.15) is 30.2 Å². The molecule has 1 aromatic heterocycles. The highest BCUT2D eigenvalue weighted by molar-refractivity contribution is 5.59. The lowest BCUT2D eigenvalue weighted by molar-refractivity contribution is -0.384. The van der Waals surface area contributed by atoms with E-state index >= 15 is 0 Å². The molecule has 1 heterocycles. The molecule has 124 valence electrons. The minimum Gasteiger partial charge on any atom is -0.377 e. The number of nitrogens with one attached hydrogen (secondary N) is 1. The second kappa shape index (κ2) is 7.73. The van der Waals surface area contributed by atoms with Crippen molar-refractivity contribution in [2.45, 2.75) is 33.4 Å². The number of ether oxygens (including phenoxy) is 1. The Morgan fingerprint density at radius 1 is 1.35 bits per heavy atom. The molecule has 23 heavy (non-hydrogen) atoms. The Morgan fingerprint density at radius 2 is 2.04 bits per heavy atom. The number of rotatable bonds is 8. The Labute approximate surface area is 135 Å². The first-order valence-electron chi connectivity index (χ1n) is 7.61. The van der Waals surface area contributed by atoms with Crippen LogP contribution in [0.4, 0.5) is 11.5 Å². The normalized spacial score (nSPS) is 10.7. The van der Waals surface area contributed by atoms with Gasteiger partial charge >= 0.3 is 5.69 Å². The van der Waals surface area contributed by atoms with Crippen molar-refractivity contribution in [3.63, 3.8) is 0 Å². The number of anilines is 1. The maximum Gasteiger partial charge on any atom is 0.333 e. The van der Waals surface area contributed by atoms with Crippen molar-refractivity contribution in [1.29, 1.82) is 0 Å². The third-order valence-corrected chi connectivity index (χ3v) is 3.54. The van der Waals surface area contributed by atoms with E-state index in [1.807, 2.05) is 24.3 Å². The first kappa shape index (κ1) is 17.0. The number of benzene rings is 1. The molecule has 0 radical (unpaired) electrons. The van der Waals surface area contributed by atoms with E-state index in [0.717, 1.165) is 17.5 Å². The van der Waals surface area contributed by atoms with Crippen LogP contribution in [-0.4, -0.2) is 21.3 Å². The zero-order chi connectivity index (χ0) is 16.8. The zero-order valence-electron chi connectivity index (χ0n) is 13.7. The largest absolute Gasteiger partial charge is 0.377 e. The Bertz CT molecular complexity index is 682. The summed E-state index contributed by atoms with van der Waals surface area (Å²) in [7, 11) is 1.69. The lowest BCUT2D eigenvalue weighted by Crippen LogP contribution is -2.08. The molecule has 0 atom stereocenters. The molecular formula is C16H22N4O3. The Kier molecular flexibility index (Phi) is 5.70. The average molecular weight is 318 g/mol. The fourth-order valence-electron chi connectivity index (χ4n) is 2.44. The molecule has 2 aromatic rings. The van der Waals surface area contributed by atoms with Gasteiger partial charge in [0.25, 0.3) is 0 Å². The highest BCUT2D eigenvalue weighted by Gasteiger charge is 2.23. The topological polar surface area (TPSA) is 82.2 Å². The van der Waals surface area contributed by atoms with Crippen LogP contribution in [0.5, 0.6) is 0 Å². The summed E-state index contributed by atoms with van der Waals surface area (Å²) >= 11 is 0. The van der Waals surface area contributed by atoms with Gasteiger partial charge in [-0.25, -0.2) is 4.68 Å². The molecule has 0 bridgehead atoms. The molecule has 7 heteroatoms. The molecule has 7 nitrogen and oxygen atoms in total. The lowest BCUT2D eigenvalue weighted by Gasteiger charge is -2.11. The van der Waals surface area contributed by atoms with Crippen molar-refractivity contribution in [2.24, 2.45) is 7.05 Å². The summed E-state index contributed by atoms with van der Waals surface area (Å²) in [5.74, 6) is 0.414. The predicted octanol–water partition coefficient (Wildman–Crippen LogP) is 3.18. The summed E-state index contributed by atoms with van der Waals surface area (Å²) in [6.07, 6.45) is 0.973. The van der Waals surface area contributed by atoms with Gasteiger partial charge in [0.1, 0.15) is 5.69 Å². The Balaban J connectivity index is 2.14. The number of nitrogens with zero attached hydrogens (tertiary/aromatic N) is 3. The number of hydrogen-bond acceptors (Lipinski definition) is 5. The van der Waals surface area contributed by atoms with Gasteiger partial charge in [-0.2, -0.15) is 5.10 Å². The van der Waals surface area contributed by atoms with E-state index in [1.165, 1.54) is 4.68 Å². The van der Waals surface area contributed by atoms with Crippen LogP contribution >= 0.6 is 0 Å². The molecule has 1 N–H and O–H groups in total. The first-order valence-corrected chi connectivity index (χ1v) is 7.61. The minimum atomic E-state index is -0.402. The fraction of sp³-hybridized carbons (Fsp3) is 0.438. The quantitative estimate of drug-likeness (QED) is 0.459. The highest BCUT2D eigenvalue weighted by Crippen LogP contribution is 2.27. The first-order chi connectivity index (χ1) is 11.0. The van der Waals surface area contributed by atoms with Gasteiger partial charge in [-0.15, -0.1) is 0 Å². The lowest BCUT2D eigenvalue weighted by atomic mass is 10.1. The summed E-state index contributed by atoms with van der Waals surface area (Å²) in [6, 6.07) is 7.91. The smallest absolute Gasteiger partial charge is 0.333 e. The molecule has 0 unspecified atom stereocenters. The molecule has 0 spiro atoms. The van der Waals surface area contributed by atoms with Crippen molar-refractivity contribution in [3.8, 4) is 0 Å². The van der Waals surface area contributed by atoms with Crippen LogP contribution < -0.4 is 5.32 Å². The van der Waals surface area contributed by atoms with Gasteiger partial charge in [-0.05, 0) is 24.5 Å². The zero-order valence-corrected chi connectivity index (χ0v) is 13.7. The summed E-state index contributed by atoms with van der Waals surface area (Å²) in [4.78, 5) is 10.8. The molecule has 0 aliphatic rings. The van der Waals surface area contributed by atoms with Crippen LogP contribution in [0.25, 0.3) is 0 Å². The molecule has 0 fully saturated rings. The van der Waals surface area contributed by atoms with Crippen LogP contribution in [0, 0.1) is 17.0 Å². The van der Waals surface area contributed by atoms with Crippen molar-refractivity contribution in [1.82, 2.24) is 9.78 Å². The third-order valence-electron chi connectivity index (χ3n) is 3.54. The molecule has 0 saturated heterocycles. The average Bonchev–Trinajstić information content (AvgIpc) is 2.80. The molecule has 0 aliphatic carbocycles. The van der Waals surface area contributed by atoms with Crippen molar-refractivity contribution < 1.29 is 9.66 Å². The fourth-order valence-corrected chi connectivity index (χ4v) is 2.44. The van der Waals surface area contributed by atoms with Gasteiger partial charge in [0.2, 0.25) is 5.82 Å². The van der Waals surface area contributed by atoms with Gasteiger partial charge < -0.3 is 10.1 Å². The molecule has 1 aromatic carbocycles. The summed E-state index contributed by atoms with van der Waals surface area (Å²) in [5, 5.41) is 18.5. The van der Waals surface area contributed by atoms with E-state index in [1.54, 1.807) is 14.0 Å². The second-order valence-corrected chi connectivity index (χ2v) is 5.34. The highest BCUT2D eigenvalue weighted by atomic mass is 16.6. The molecule has 0 saturated carbocycles. The van der Waals surface area contributed by atoms with Gasteiger partial charge in [0.05, 0.1) is 11.5 Å². The van der Waals surface area contributed by atoms with E-state index < -0.39 is 4.92 Å². The van der Waals surface area contributed by atoms with E-state index in [2.05, 4.69) is 17.3 Å². The molecule has 2 rings (SSSR count). The molecular weight excluding hydrogens is 296 g/mol. The Hall–Kier alpha value is -2.41. The second-order valence-electron chi connectivity index (χ2n) is 5.34. The summed E-state index contributed by atoms with van der Waals surface area (Å²) in [5.41, 5.74) is 2.55. The monoisotopic (exact) mass is 318 g/mol. The molecule has 0 aliphatic heterocycles. The molecule has 0 amide bonds. The van der Waals surface area contributed by atoms with E-state index in [-0.39, 0.29) is 5.69 Å². The maximum absolute atomic E-state index is 11.2. The minimum absolute atomic E-state index is 0.0206. The van der Waals surface area contributed by atoms with Crippen LogP contribution in [0.2, 0.25) is 0 Å². The van der Waals surface area contributed by atoms with Crippen LogP contribution in [0.15, 0.2) is 24.3 Å². The summed E-state index contributed by atoms with van der Waals surface area (Å²) < 4.78 is 7.10. The maximum atomic E-state index is 11.2. The van der Waals surface area contributed by atoms with Crippen molar-refractivity contribution in [3.05, 3.63) is 51.2 Å². The van der Waals surface area contributed by atoms with Crippen LogP contribution in [0.3, 0.4) is 0 Å². The van der Waals surface area contributed by atoms with Gasteiger partial charge in [0, 0.05) is 20.2 Å².